The van der Waals surface area contributed by atoms with Crippen molar-refractivity contribution < 1.29 is 18.0 Å². The van der Waals surface area contributed by atoms with Gasteiger partial charge in [-0.25, -0.2) is 8.42 Å². The second-order valence-corrected chi connectivity index (χ2v) is 9.35. The summed E-state index contributed by atoms with van der Waals surface area (Å²) in [6.07, 6.45) is 1.13. The van der Waals surface area contributed by atoms with E-state index in [1.807, 2.05) is 30.3 Å². The maximum atomic E-state index is 12.8. The lowest BCUT2D eigenvalue weighted by Gasteiger charge is -2.31. The van der Waals surface area contributed by atoms with Gasteiger partial charge in [-0.05, 0) is 37.5 Å². The molecule has 0 atom stereocenters. The van der Waals surface area contributed by atoms with E-state index in [1.165, 1.54) is 35.5 Å². The van der Waals surface area contributed by atoms with E-state index in [1.54, 1.807) is 0 Å². The van der Waals surface area contributed by atoms with Crippen LogP contribution in [-0.4, -0.2) is 50.1 Å². The Labute approximate surface area is 177 Å². The zero-order chi connectivity index (χ0) is 21.6. The molecule has 1 amide bonds. The van der Waals surface area contributed by atoms with Crippen LogP contribution in [0.15, 0.2) is 59.5 Å². The topological polar surface area (TPSA) is 95.6 Å². The Hall–Kier alpha value is -2.55. The van der Waals surface area contributed by atoms with E-state index >= 15 is 0 Å². The number of nitrogens with zero attached hydrogens (tertiary/aromatic N) is 1. The predicted molar refractivity (Wildman–Crippen MR) is 115 cm³/mol. The van der Waals surface area contributed by atoms with Crippen LogP contribution in [0.5, 0.6) is 0 Å². The first-order chi connectivity index (χ1) is 14.4. The monoisotopic (exact) mass is 429 g/mol. The molecule has 0 bridgehead atoms. The molecule has 8 heteroatoms. The molecule has 1 aliphatic rings. The Kier molecular flexibility index (Phi) is 7.36. The lowest BCUT2D eigenvalue weighted by Crippen LogP contribution is -2.48. The van der Waals surface area contributed by atoms with Crippen LogP contribution in [-0.2, 0) is 21.4 Å². The summed E-state index contributed by atoms with van der Waals surface area (Å²) in [6, 6.07) is 15.8. The lowest BCUT2D eigenvalue weighted by molar-refractivity contribution is -0.121. The molecule has 160 valence electrons. The van der Waals surface area contributed by atoms with E-state index in [-0.39, 0.29) is 29.2 Å². The SMILES string of the molecule is CC(=O)c1ccc(S(=O)(=O)N2CCC(NC(=O)CNCc3ccccc3)CC2)cc1. The Morgan fingerprint density at radius 3 is 2.23 bits per heavy atom. The predicted octanol–water partition coefficient (Wildman–Crippen LogP) is 1.95. The second kappa shape index (κ2) is 9.97. The molecule has 2 aromatic rings. The van der Waals surface area contributed by atoms with Crippen molar-refractivity contribution in [3.05, 3.63) is 65.7 Å². The number of hydrogen-bond donors (Lipinski definition) is 2. The first-order valence-electron chi connectivity index (χ1n) is 10.0. The van der Waals surface area contributed by atoms with Gasteiger partial charge in [0.05, 0.1) is 11.4 Å². The number of nitrogens with one attached hydrogen (secondary N) is 2. The van der Waals surface area contributed by atoms with E-state index in [2.05, 4.69) is 10.6 Å². The average Bonchev–Trinajstić information content (AvgIpc) is 2.75. The van der Waals surface area contributed by atoms with Crippen LogP contribution in [0.2, 0.25) is 0 Å². The van der Waals surface area contributed by atoms with Crippen molar-refractivity contribution in [2.24, 2.45) is 0 Å². The Balaban J connectivity index is 1.45. The highest BCUT2D eigenvalue weighted by Gasteiger charge is 2.29. The van der Waals surface area contributed by atoms with Gasteiger partial charge in [-0.15, -0.1) is 0 Å². The molecular weight excluding hydrogens is 402 g/mol. The van der Waals surface area contributed by atoms with Crippen LogP contribution in [0, 0.1) is 0 Å². The number of carbonyl (C=O) groups is 2. The number of piperidine rings is 1. The molecule has 0 aromatic heterocycles. The molecule has 2 aromatic carbocycles. The van der Waals surface area contributed by atoms with E-state index in [9.17, 15) is 18.0 Å². The van der Waals surface area contributed by atoms with E-state index in [0.717, 1.165) is 5.56 Å². The molecule has 0 radical (unpaired) electrons. The average molecular weight is 430 g/mol. The van der Waals surface area contributed by atoms with Crippen LogP contribution in [0.3, 0.4) is 0 Å². The third-order valence-corrected chi connectivity index (χ3v) is 7.09. The lowest BCUT2D eigenvalue weighted by atomic mass is 10.1. The van der Waals surface area contributed by atoms with Crippen LogP contribution >= 0.6 is 0 Å². The van der Waals surface area contributed by atoms with Crippen molar-refractivity contribution in [1.82, 2.24) is 14.9 Å². The molecule has 3 rings (SSSR count). The highest BCUT2D eigenvalue weighted by Crippen LogP contribution is 2.21. The van der Waals surface area contributed by atoms with Gasteiger partial charge in [0.1, 0.15) is 0 Å². The number of Topliss-reactive ketones (excluding diaryl/α,β-unsaturated/α-hetero) is 1. The fraction of sp³-hybridized carbons (Fsp3) is 0.364. The number of hydrogen-bond acceptors (Lipinski definition) is 5. The number of benzene rings is 2. The van der Waals surface area contributed by atoms with Crippen LogP contribution in [0.25, 0.3) is 0 Å². The third-order valence-electron chi connectivity index (χ3n) is 5.18. The summed E-state index contributed by atoms with van der Waals surface area (Å²) in [5.41, 5.74) is 1.59. The Bertz CT molecular complexity index is 967. The molecular formula is C22H27N3O4S. The summed E-state index contributed by atoms with van der Waals surface area (Å²) < 4.78 is 27.1. The van der Waals surface area contributed by atoms with Gasteiger partial charge < -0.3 is 10.6 Å². The molecule has 2 N–H and O–H groups in total. The molecule has 0 spiro atoms. The molecule has 1 aliphatic heterocycles. The zero-order valence-corrected chi connectivity index (χ0v) is 17.8. The molecule has 7 nitrogen and oxygen atoms in total. The fourth-order valence-corrected chi connectivity index (χ4v) is 4.92. The summed E-state index contributed by atoms with van der Waals surface area (Å²) in [5, 5.41) is 6.09. The molecule has 1 heterocycles. The van der Waals surface area contributed by atoms with E-state index in [4.69, 9.17) is 0 Å². The Morgan fingerprint density at radius 1 is 1.00 bits per heavy atom. The molecule has 30 heavy (non-hydrogen) atoms. The summed E-state index contributed by atoms with van der Waals surface area (Å²) in [4.78, 5) is 23.7. The van der Waals surface area contributed by atoms with Gasteiger partial charge >= 0.3 is 0 Å². The number of carbonyl (C=O) groups excluding carboxylic acids is 2. The normalized spacial score (nSPS) is 15.6. The van der Waals surface area contributed by atoms with Gasteiger partial charge in [-0.3, -0.25) is 9.59 Å². The highest BCUT2D eigenvalue weighted by atomic mass is 32.2. The van der Waals surface area contributed by atoms with Gasteiger partial charge in [-0.1, -0.05) is 42.5 Å². The van der Waals surface area contributed by atoms with Crippen molar-refractivity contribution in [1.29, 1.82) is 0 Å². The first kappa shape index (κ1) is 22.1. The maximum absolute atomic E-state index is 12.8. The van der Waals surface area contributed by atoms with Gasteiger partial charge in [0.2, 0.25) is 15.9 Å². The van der Waals surface area contributed by atoms with Crippen LogP contribution in [0.4, 0.5) is 0 Å². The second-order valence-electron chi connectivity index (χ2n) is 7.42. The summed E-state index contributed by atoms with van der Waals surface area (Å²) in [5.74, 6) is -0.194. The molecule has 0 aliphatic carbocycles. The summed E-state index contributed by atoms with van der Waals surface area (Å²) in [7, 11) is -3.60. The third kappa shape index (κ3) is 5.75. The van der Waals surface area contributed by atoms with Crippen molar-refractivity contribution in [2.75, 3.05) is 19.6 Å². The standard InChI is InChI=1S/C22H27N3O4S/c1-17(26)19-7-9-21(10-8-19)30(28,29)25-13-11-20(12-14-25)24-22(27)16-23-15-18-5-3-2-4-6-18/h2-10,20,23H,11-16H2,1H3,(H,24,27). The molecule has 1 saturated heterocycles. The minimum Gasteiger partial charge on any atom is -0.352 e. The quantitative estimate of drug-likeness (QED) is 0.626. The molecule has 0 unspecified atom stereocenters. The van der Waals surface area contributed by atoms with Gasteiger partial charge in [0.15, 0.2) is 5.78 Å². The zero-order valence-electron chi connectivity index (χ0n) is 17.0. The minimum absolute atomic E-state index is 0.0393. The van der Waals surface area contributed by atoms with Crippen LogP contribution in [0.1, 0.15) is 35.7 Å². The minimum atomic E-state index is -3.60. The Morgan fingerprint density at radius 2 is 1.63 bits per heavy atom. The van der Waals surface area contributed by atoms with E-state index in [0.29, 0.717) is 38.0 Å². The van der Waals surface area contributed by atoms with Crippen molar-refractivity contribution in [2.45, 2.75) is 37.2 Å². The smallest absolute Gasteiger partial charge is 0.243 e. The largest absolute Gasteiger partial charge is 0.352 e. The van der Waals surface area contributed by atoms with E-state index < -0.39 is 10.0 Å². The summed E-state index contributed by atoms with van der Waals surface area (Å²) >= 11 is 0. The van der Waals surface area contributed by atoms with Gasteiger partial charge in [0.25, 0.3) is 0 Å². The fourth-order valence-electron chi connectivity index (χ4n) is 3.45. The maximum Gasteiger partial charge on any atom is 0.243 e. The van der Waals surface area contributed by atoms with Crippen molar-refractivity contribution in [3.8, 4) is 0 Å². The van der Waals surface area contributed by atoms with Gasteiger partial charge in [-0.2, -0.15) is 4.31 Å². The van der Waals surface area contributed by atoms with Crippen LogP contribution < -0.4 is 10.6 Å². The number of sulfonamides is 1. The first-order valence-corrected chi connectivity index (χ1v) is 11.5. The van der Waals surface area contributed by atoms with Crippen molar-refractivity contribution >= 4 is 21.7 Å². The number of rotatable bonds is 8. The highest BCUT2D eigenvalue weighted by molar-refractivity contribution is 7.89. The molecule has 1 fully saturated rings. The van der Waals surface area contributed by atoms with Crippen molar-refractivity contribution in [3.63, 3.8) is 0 Å². The molecule has 0 saturated carbocycles. The number of amides is 1. The van der Waals surface area contributed by atoms with Gasteiger partial charge in [0, 0.05) is 31.2 Å². The summed E-state index contributed by atoms with van der Waals surface area (Å²) in [6.45, 7) is 2.97. The number of ketones is 1.